The number of anilines is 1. The van der Waals surface area contributed by atoms with Crippen LogP contribution in [0.5, 0.6) is 0 Å². The third-order valence-electron chi connectivity index (χ3n) is 3.64. The normalized spacial score (nSPS) is 32.9. The number of aromatic nitrogens is 4. The van der Waals surface area contributed by atoms with Crippen LogP contribution in [0.1, 0.15) is 13.2 Å². The molecule has 3 rings (SSSR count). The lowest BCUT2D eigenvalue weighted by atomic mass is 9.96. The Labute approximate surface area is 117 Å². The maximum absolute atomic E-state index is 11.7. The molecule has 0 amide bonds. The van der Waals surface area contributed by atoms with Crippen LogP contribution in [0.15, 0.2) is 11.1 Å². The van der Waals surface area contributed by atoms with Crippen LogP contribution >= 0.6 is 0 Å². The van der Waals surface area contributed by atoms with Gasteiger partial charge in [0.25, 0.3) is 5.56 Å². The molecule has 1 aliphatic rings. The average molecular weight is 297 g/mol. The Morgan fingerprint density at radius 2 is 2.33 bits per heavy atom. The van der Waals surface area contributed by atoms with Crippen LogP contribution in [-0.4, -0.2) is 59.3 Å². The van der Waals surface area contributed by atoms with Crippen molar-refractivity contribution in [1.82, 2.24) is 19.5 Å². The molecule has 4 atom stereocenters. The molecule has 1 fully saturated rings. The smallest absolute Gasteiger partial charge is 0.280 e. The van der Waals surface area contributed by atoms with Crippen molar-refractivity contribution in [3.63, 3.8) is 0 Å². The van der Waals surface area contributed by atoms with E-state index in [-0.39, 0.29) is 17.1 Å². The fourth-order valence-electron chi connectivity index (χ4n) is 2.50. The number of imidazole rings is 1. The molecule has 10 heteroatoms. The van der Waals surface area contributed by atoms with E-state index < -0.39 is 36.2 Å². The maximum atomic E-state index is 11.7. The Balaban J connectivity index is 2.15. The van der Waals surface area contributed by atoms with E-state index in [1.165, 1.54) is 17.8 Å². The van der Waals surface area contributed by atoms with Crippen molar-refractivity contribution in [2.45, 2.75) is 31.0 Å². The van der Waals surface area contributed by atoms with Crippen molar-refractivity contribution in [1.29, 1.82) is 0 Å². The minimum Gasteiger partial charge on any atom is -0.394 e. The number of nitrogens with zero attached hydrogens (tertiary/aromatic N) is 3. The molecule has 10 nitrogen and oxygen atoms in total. The average Bonchev–Trinajstić information content (AvgIpc) is 2.91. The van der Waals surface area contributed by atoms with Gasteiger partial charge in [0.05, 0.1) is 12.9 Å². The van der Waals surface area contributed by atoms with Crippen LogP contribution in [0.4, 0.5) is 5.95 Å². The van der Waals surface area contributed by atoms with Crippen molar-refractivity contribution in [2.24, 2.45) is 0 Å². The van der Waals surface area contributed by atoms with Gasteiger partial charge in [0.1, 0.15) is 17.8 Å². The first-order valence-electron chi connectivity index (χ1n) is 6.25. The number of nitrogens with one attached hydrogen (secondary N) is 1. The van der Waals surface area contributed by atoms with Gasteiger partial charge in [0.15, 0.2) is 17.4 Å². The van der Waals surface area contributed by atoms with E-state index in [1.54, 1.807) is 0 Å². The van der Waals surface area contributed by atoms with Crippen molar-refractivity contribution >= 4 is 17.1 Å². The molecule has 6 N–H and O–H groups in total. The van der Waals surface area contributed by atoms with Gasteiger partial charge < -0.3 is 25.8 Å². The van der Waals surface area contributed by atoms with Crippen molar-refractivity contribution in [2.75, 3.05) is 12.3 Å². The summed E-state index contributed by atoms with van der Waals surface area (Å²) in [6.07, 6.45) is -2.06. The van der Waals surface area contributed by atoms with Crippen molar-refractivity contribution in [3.8, 4) is 0 Å². The predicted octanol–water partition coefficient (Wildman–Crippen LogP) is -2.30. The van der Waals surface area contributed by atoms with E-state index in [2.05, 4.69) is 15.0 Å². The predicted molar refractivity (Wildman–Crippen MR) is 70.2 cm³/mol. The number of hydrogen-bond donors (Lipinski definition) is 5. The van der Waals surface area contributed by atoms with Gasteiger partial charge in [-0.3, -0.25) is 14.3 Å². The Hall–Kier alpha value is -2.01. The molecule has 1 aliphatic heterocycles. The maximum Gasteiger partial charge on any atom is 0.280 e. The van der Waals surface area contributed by atoms with Gasteiger partial charge >= 0.3 is 0 Å². The van der Waals surface area contributed by atoms with Gasteiger partial charge in [-0.05, 0) is 6.92 Å². The molecule has 114 valence electrons. The van der Waals surface area contributed by atoms with E-state index in [9.17, 15) is 20.1 Å². The number of aromatic amines is 1. The first-order chi connectivity index (χ1) is 9.86. The summed E-state index contributed by atoms with van der Waals surface area (Å²) in [5, 5.41) is 29.6. The number of fused-ring (bicyclic) bond motifs is 1. The van der Waals surface area contributed by atoms with Crippen LogP contribution < -0.4 is 11.3 Å². The van der Waals surface area contributed by atoms with E-state index in [0.717, 1.165) is 0 Å². The van der Waals surface area contributed by atoms with Gasteiger partial charge in [-0.2, -0.15) is 4.98 Å². The summed E-state index contributed by atoms with van der Waals surface area (Å²) < 4.78 is 6.76. The number of ether oxygens (including phenoxy) is 1. The third kappa shape index (κ3) is 1.92. The fourth-order valence-corrected chi connectivity index (χ4v) is 2.50. The number of hydrogen-bond acceptors (Lipinski definition) is 8. The highest BCUT2D eigenvalue weighted by Gasteiger charge is 2.53. The van der Waals surface area contributed by atoms with Crippen LogP contribution in [0, 0.1) is 0 Å². The number of nitrogens with two attached hydrogens (primary N) is 1. The van der Waals surface area contributed by atoms with Crippen LogP contribution in [-0.2, 0) is 4.74 Å². The standard InChI is InChI=1S/C11H15N5O5/c1-11(20)6(18)4(2-17)21-9(11)16-3-13-5-7(16)14-10(12)15-8(5)19/h3-4,6,9,17-18,20H,2H2,1H3,(H3,12,14,15,19)/t4-,6?,9-,11?/m1/s1. The summed E-state index contributed by atoms with van der Waals surface area (Å²) in [6, 6.07) is 0. The molecule has 3 heterocycles. The Morgan fingerprint density at radius 3 is 2.95 bits per heavy atom. The summed E-state index contributed by atoms with van der Waals surface area (Å²) in [4.78, 5) is 21.9. The van der Waals surface area contributed by atoms with Crippen LogP contribution in [0.2, 0.25) is 0 Å². The van der Waals surface area contributed by atoms with E-state index in [4.69, 9.17) is 10.5 Å². The third-order valence-corrected chi connectivity index (χ3v) is 3.64. The lowest BCUT2D eigenvalue weighted by Crippen LogP contribution is -2.44. The first-order valence-corrected chi connectivity index (χ1v) is 6.25. The van der Waals surface area contributed by atoms with E-state index in [0.29, 0.717) is 0 Å². The first kappa shape index (κ1) is 13.9. The van der Waals surface area contributed by atoms with Crippen molar-refractivity contribution in [3.05, 3.63) is 16.7 Å². The molecule has 2 aromatic rings. The summed E-state index contributed by atoms with van der Waals surface area (Å²) >= 11 is 0. The number of nitrogen functional groups attached to an aromatic ring is 1. The number of aliphatic hydroxyl groups excluding tert-OH is 2. The second-order valence-electron chi connectivity index (χ2n) is 5.16. The molecule has 0 spiro atoms. The number of aliphatic hydroxyl groups is 3. The SMILES string of the molecule is CC1(O)C(O)[C@@H](CO)O[C@H]1n1cnc2c(=O)[nH]c(N)nc21. The van der Waals surface area contributed by atoms with Gasteiger partial charge in [-0.1, -0.05) is 0 Å². The van der Waals surface area contributed by atoms with Crippen molar-refractivity contribution < 1.29 is 20.1 Å². The van der Waals surface area contributed by atoms with E-state index >= 15 is 0 Å². The van der Waals surface area contributed by atoms with Gasteiger partial charge in [0.2, 0.25) is 5.95 Å². The lowest BCUT2D eigenvalue weighted by Gasteiger charge is -2.27. The second kappa shape index (κ2) is 4.49. The molecule has 0 aromatic carbocycles. The Morgan fingerprint density at radius 1 is 1.62 bits per heavy atom. The summed E-state index contributed by atoms with van der Waals surface area (Å²) in [7, 11) is 0. The fraction of sp³-hybridized carbons (Fsp3) is 0.545. The zero-order valence-electron chi connectivity index (χ0n) is 11.1. The molecular formula is C11H15N5O5. The molecule has 21 heavy (non-hydrogen) atoms. The molecule has 0 bridgehead atoms. The molecular weight excluding hydrogens is 282 g/mol. The monoisotopic (exact) mass is 297 g/mol. The van der Waals surface area contributed by atoms with Gasteiger partial charge in [0, 0.05) is 0 Å². The Bertz CT molecular complexity index is 738. The molecule has 2 unspecified atom stereocenters. The number of rotatable bonds is 2. The van der Waals surface area contributed by atoms with Gasteiger partial charge in [-0.15, -0.1) is 0 Å². The van der Waals surface area contributed by atoms with Crippen LogP contribution in [0.25, 0.3) is 11.2 Å². The van der Waals surface area contributed by atoms with E-state index in [1.807, 2.05) is 0 Å². The minimum atomic E-state index is -1.69. The highest BCUT2D eigenvalue weighted by Crippen LogP contribution is 2.38. The molecule has 0 radical (unpaired) electrons. The molecule has 0 aliphatic carbocycles. The zero-order valence-corrected chi connectivity index (χ0v) is 11.1. The summed E-state index contributed by atoms with van der Waals surface area (Å²) in [5.41, 5.74) is 3.44. The highest BCUT2D eigenvalue weighted by molar-refractivity contribution is 5.70. The molecule has 1 saturated heterocycles. The van der Waals surface area contributed by atoms with Gasteiger partial charge in [-0.25, -0.2) is 4.98 Å². The largest absolute Gasteiger partial charge is 0.394 e. The second-order valence-corrected chi connectivity index (χ2v) is 5.16. The molecule has 2 aromatic heterocycles. The lowest BCUT2D eigenvalue weighted by molar-refractivity contribution is -0.0950. The Kier molecular flexibility index (Phi) is 2.99. The van der Waals surface area contributed by atoms with Crippen LogP contribution in [0.3, 0.4) is 0 Å². The molecule has 0 saturated carbocycles. The zero-order chi connectivity index (χ0) is 15.4. The number of H-pyrrole nitrogens is 1. The topological polar surface area (TPSA) is 160 Å². The summed E-state index contributed by atoms with van der Waals surface area (Å²) in [6.45, 7) is 0.900. The quantitative estimate of drug-likeness (QED) is 0.414. The summed E-state index contributed by atoms with van der Waals surface area (Å²) in [5.74, 6) is -0.105. The highest BCUT2D eigenvalue weighted by atomic mass is 16.6. The minimum absolute atomic E-state index is 0.0329.